The first-order valence-corrected chi connectivity index (χ1v) is 10.1. The number of nitrogens with one attached hydrogen (secondary N) is 1. The van der Waals surface area contributed by atoms with Crippen molar-refractivity contribution in [2.45, 2.75) is 25.9 Å². The Morgan fingerprint density at radius 3 is 2.52 bits per heavy atom. The molecular formula is C22H25ClFN3O2. The van der Waals surface area contributed by atoms with Crippen molar-refractivity contribution in [2.24, 2.45) is 0 Å². The van der Waals surface area contributed by atoms with Gasteiger partial charge in [0.25, 0.3) is 5.91 Å². The van der Waals surface area contributed by atoms with E-state index in [9.17, 15) is 14.0 Å². The Hall–Kier alpha value is -2.44. The second-order valence-electron chi connectivity index (χ2n) is 7.18. The zero-order valence-electron chi connectivity index (χ0n) is 16.4. The van der Waals surface area contributed by atoms with Gasteiger partial charge >= 0.3 is 0 Å². The highest BCUT2D eigenvalue weighted by molar-refractivity contribution is 6.33. The molecule has 1 atom stereocenters. The molecule has 0 saturated carbocycles. The largest absolute Gasteiger partial charge is 0.351 e. The van der Waals surface area contributed by atoms with E-state index in [1.807, 2.05) is 6.92 Å². The predicted octanol–water partition coefficient (Wildman–Crippen LogP) is 3.33. The van der Waals surface area contributed by atoms with Crippen molar-refractivity contribution in [3.63, 3.8) is 0 Å². The normalized spacial score (nSPS) is 16.2. The average molecular weight is 418 g/mol. The zero-order chi connectivity index (χ0) is 20.8. The summed E-state index contributed by atoms with van der Waals surface area (Å²) in [6.45, 7) is 4.74. The lowest BCUT2D eigenvalue weighted by molar-refractivity contribution is -0.126. The fraction of sp³-hybridized carbons (Fsp3) is 0.364. The lowest BCUT2D eigenvalue weighted by Crippen LogP contribution is -2.46. The Morgan fingerprint density at radius 2 is 1.79 bits per heavy atom. The van der Waals surface area contributed by atoms with Crippen LogP contribution in [0.25, 0.3) is 0 Å². The second-order valence-corrected chi connectivity index (χ2v) is 7.59. The molecule has 2 aromatic rings. The van der Waals surface area contributed by atoms with Crippen LogP contribution < -0.4 is 5.32 Å². The third-order valence-corrected chi connectivity index (χ3v) is 5.56. The summed E-state index contributed by atoms with van der Waals surface area (Å²) >= 11 is 6.16. The summed E-state index contributed by atoms with van der Waals surface area (Å²) in [5, 5.41) is 3.35. The van der Waals surface area contributed by atoms with Gasteiger partial charge in [-0.05, 0) is 43.2 Å². The molecule has 1 aliphatic heterocycles. The number of rotatable bonds is 5. The fourth-order valence-electron chi connectivity index (χ4n) is 3.44. The van der Waals surface area contributed by atoms with Gasteiger partial charge in [0.2, 0.25) is 5.91 Å². The highest BCUT2D eigenvalue weighted by atomic mass is 35.5. The first kappa shape index (κ1) is 21.3. The molecule has 2 aromatic carbocycles. The van der Waals surface area contributed by atoms with Gasteiger partial charge in [0.1, 0.15) is 5.82 Å². The molecule has 1 heterocycles. The molecule has 0 aliphatic carbocycles. The van der Waals surface area contributed by atoms with Gasteiger partial charge in [-0.2, -0.15) is 0 Å². The molecular weight excluding hydrogens is 393 g/mol. The van der Waals surface area contributed by atoms with Crippen molar-refractivity contribution in [1.29, 1.82) is 0 Å². The standard InChI is InChI=1S/C22H25ClFN3O2/c1-16(21(28)25-15-17-7-9-18(24)10-8-17)26-11-4-12-27(14-13-26)22(29)19-5-2-3-6-20(19)23/h2-3,5-10,16H,4,11-15H2,1H3,(H,25,28). The van der Waals surface area contributed by atoms with Crippen molar-refractivity contribution < 1.29 is 14.0 Å². The summed E-state index contributed by atoms with van der Waals surface area (Å²) in [6.07, 6.45) is 0.784. The van der Waals surface area contributed by atoms with Crippen molar-refractivity contribution in [3.05, 3.63) is 70.5 Å². The Morgan fingerprint density at radius 1 is 1.07 bits per heavy atom. The maximum Gasteiger partial charge on any atom is 0.255 e. The molecule has 0 spiro atoms. The third kappa shape index (κ3) is 5.55. The monoisotopic (exact) mass is 417 g/mol. The van der Waals surface area contributed by atoms with Crippen molar-refractivity contribution in [2.75, 3.05) is 26.2 Å². The summed E-state index contributed by atoms with van der Waals surface area (Å²) in [6, 6.07) is 12.8. The lowest BCUT2D eigenvalue weighted by Gasteiger charge is -2.27. The van der Waals surface area contributed by atoms with E-state index >= 15 is 0 Å². The fourth-order valence-corrected chi connectivity index (χ4v) is 3.65. The summed E-state index contributed by atoms with van der Waals surface area (Å²) in [7, 11) is 0. The molecule has 1 aliphatic rings. The van der Waals surface area contributed by atoms with Crippen LogP contribution in [0.2, 0.25) is 5.02 Å². The summed E-state index contributed by atoms with van der Waals surface area (Å²) in [4.78, 5) is 29.2. The molecule has 29 heavy (non-hydrogen) atoms. The minimum absolute atomic E-state index is 0.0779. The van der Waals surface area contributed by atoms with E-state index in [2.05, 4.69) is 10.2 Å². The van der Waals surface area contributed by atoms with E-state index in [0.29, 0.717) is 36.8 Å². The van der Waals surface area contributed by atoms with E-state index in [0.717, 1.165) is 18.5 Å². The molecule has 1 saturated heterocycles. The Balaban J connectivity index is 1.54. The SMILES string of the molecule is CC(C(=O)NCc1ccc(F)cc1)N1CCCN(C(=O)c2ccccc2Cl)CC1. The van der Waals surface area contributed by atoms with E-state index in [4.69, 9.17) is 11.6 Å². The van der Waals surface area contributed by atoms with Crippen LogP contribution in [-0.4, -0.2) is 53.8 Å². The number of nitrogens with zero attached hydrogens (tertiary/aromatic N) is 2. The van der Waals surface area contributed by atoms with E-state index in [1.165, 1.54) is 12.1 Å². The molecule has 0 radical (unpaired) electrons. The smallest absolute Gasteiger partial charge is 0.255 e. The predicted molar refractivity (Wildman–Crippen MR) is 111 cm³/mol. The highest BCUT2D eigenvalue weighted by Crippen LogP contribution is 2.18. The molecule has 7 heteroatoms. The molecule has 0 aromatic heterocycles. The minimum Gasteiger partial charge on any atom is -0.351 e. The Labute approximate surface area is 175 Å². The Bertz CT molecular complexity index is 859. The Kier molecular flexibility index (Phi) is 7.23. The topological polar surface area (TPSA) is 52.7 Å². The maximum absolute atomic E-state index is 13.0. The van der Waals surface area contributed by atoms with Crippen LogP contribution in [0, 0.1) is 5.82 Å². The van der Waals surface area contributed by atoms with Gasteiger partial charge < -0.3 is 10.2 Å². The number of hydrogen-bond donors (Lipinski definition) is 1. The van der Waals surface area contributed by atoms with E-state index < -0.39 is 0 Å². The van der Waals surface area contributed by atoms with Crippen LogP contribution in [0.5, 0.6) is 0 Å². The van der Waals surface area contributed by atoms with E-state index in [-0.39, 0.29) is 23.7 Å². The number of hydrogen-bond acceptors (Lipinski definition) is 3. The third-order valence-electron chi connectivity index (χ3n) is 5.23. The summed E-state index contributed by atoms with van der Waals surface area (Å²) in [5.41, 5.74) is 1.35. The quantitative estimate of drug-likeness (QED) is 0.811. The van der Waals surface area contributed by atoms with Gasteiger partial charge in [0, 0.05) is 32.7 Å². The first-order chi connectivity index (χ1) is 14.0. The summed E-state index contributed by atoms with van der Waals surface area (Å²) in [5.74, 6) is -0.458. The van der Waals surface area contributed by atoms with Crippen LogP contribution >= 0.6 is 11.6 Å². The zero-order valence-corrected chi connectivity index (χ0v) is 17.2. The molecule has 1 N–H and O–H groups in total. The molecule has 1 fully saturated rings. The molecule has 0 bridgehead atoms. The van der Waals surface area contributed by atoms with E-state index in [1.54, 1.807) is 41.3 Å². The lowest BCUT2D eigenvalue weighted by atomic mass is 10.2. The highest BCUT2D eigenvalue weighted by Gasteiger charge is 2.26. The van der Waals surface area contributed by atoms with Crippen LogP contribution in [0.15, 0.2) is 48.5 Å². The number of halogens is 2. The van der Waals surface area contributed by atoms with Gasteiger partial charge in [-0.25, -0.2) is 4.39 Å². The first-order valence-electron chi connectivity index (χ1n) is 9.75. The van der Waals surface area contributed by atoms with Crippen LogP contribution in [-0.2, 0) is 11.3 Å². The van der Waals surface area contributed by atoms with Crippen LogP contribution in [0.1, 0.15) is 29.3 Å². The maximum atomic E-state index is 13.0. The van der Waals surface area contributed by atoms with Gasteiger partial charge in [-0.3, -0.25) is 14.5 Å². The minimum atomic E-state index is -0.314. The number of benzene rings is 2. The molecule has 1 unspecified atom stereocenters. The second kappa shape index (κ2) is 9.85. The number of carbonyl (C=O) groups is 2. The van der Waals surface area contributed by atoms with Crippen molar-refractivity contribution in [3.8, 4) is 0 Å². The van der Waals surface area contributed by atoms with Crippen molar-refractivity contribution >= 4 is 23.4 Å². The molecule has 3 rings (SSSR count). The van der Waals surface area contributed by atoms with Gasteiger partial charge in [-0.1, -0.05) is 35.9 Å². The van der Waals surface area contributed by atoms with Gasteiger partial charge in [0.05, 0.1) is 16.6 Å². The molecule has 5 nitrogen and oxygen atoms in total. The summed E-state index contributed by atoms with van der Waals surface area (Å²) < 4.78 is 13.0. The van der Waals surface area contributed by atoms with Crippen LogP contribution in [0.4, 0.5) is 4.39 Å². The average Bonchev–Trinajstić information content (AvgIpc) is 2.99. The number of amides is 2. The van der Waals surface area contributed by atoms with Crippen molar-refractivity contribution in [1.82, 2.24) is 15.1 Å². The van der Waals surface area contributed by atoms with Gasteiger partial charge in [-0.15, -0.1) is 0 Å². The van der Waals surface area contributed by atoms with Crippen LogP contribution in [0.3, 0.4) is 0 Å². The molecule has 2 amide bonds. The van der Waals surface area contributed by atoms with Gasteiger partial charge in [0.15, 0.2) is 0 Å². The number of carbonyl (C=O) groups excluding carboxylic acids is 2. The molecule has 154 valence electrons.